The van der Waals surface area contributed by atoms with E-state index in [-0.39, 0.29) is 22.4 Å². The molecule has 1 amide bonds. The van der Waals surface area contributed by atoms with Gasteiger partial charge in [-0.3, -0.25) is 4.79 Å². The van der Waals surface area contributed by atoms with Gasteiger partial charge >= 0.3 is 5.97 Å². The summed E-state index contributed by atoms with van der Waals surface area (Å²) in [4.78, 5) is 23.8. The third kappa shape index (κ3) is 4.27. The first-order valence-corrected chi connectivity index (χ1v) is 8.65. The van der Waals surface area contributed by atoms with Crippen LogP contribution in [0.15, 0.2) is 47.6 Å². The molecule has 8 heteroatoms. The van der Waals surface area contributed by atoms with Gasteiger partial charge in [0.15, 0.2) is 0 Å². The van der Waals surface area contributed by atoms with Gasteiger partial charge in [0.05, 0.1) is 11.3 Å². The largest absolute Gasteiger partial charge is 0.478 e. The summed E-state index contributed by atoms with van der Waals surface area (Å²) in [5.74, 6) is -1.66. The van der Waals surface area contributed by atoms with E-state index < -0.39 is 11.9 Å². The molecule has 0 spiro atoms. The zero-order chi connectivity index (χ0) is 19.4. The van der Waals surface area contributed by atoms with Crippen molar-refractivity contribution in [3.63, 3.8) is 0 Å². The second-order valence-corrected chi connectivity index (χ2v) is 6.45. The first kappa shape index (κ1) is 18.9. The van der Waals surface area contributed by atoms with Gasteiger partial charge in [0.1, 0.15) is 11.8 Å². The van der Waals surface area contributed by atoms with Crippen molar-refractivity contribution < 1.29 is 24.6 Å². The first-order valence-electron chi connectivity index (χ1n) is 8.28. The zero-order valence-corrected chi connectivity index (χ0v) is 14.9. The van der Waals surface area contributed by atoms with Gasteiger partial charge in [-0.15, -0.1) is 0 Å². The average molecular weight is 389 g/mol. The molecule has 1 aliphatic rings. The minimum absolute atomic E-state index is 0.0967. The number of nitrogens with zero attached hydrogens (tertiary/aromatic N) is 1. The van der Waals surface area contributed by atoms with Gasteiger partial charge in [0.2, 0.25) is 0 Å². The highest BCUT2D eigenvalue weighted by Crippen LogP contribution is 2.22. The number of hydrogen-bond donors (Lipinski definition) is 3. The van der Waals surface area contributed by atoms with Gasteiger partial charge in [0.25, 0.3) is 5.91 Å². The number of hydrogen-bond acceptors (Lipinski definition) is 5. The second kappa shape index (κ2) is 8.20. The van der Waals surface area contributed by atoms with Gasteiger partial charge in [0, 0.05) is 22.8 Å². The summed E-state index contributed by atoms with van der Waals surface area (Å²) in [6.07, 6.45) is 1.41. The Bertz CT molecular complexity index is 889. The van der Waals surface area contributed by atoms with Crippen LogP contribution in [0.25, 0.3) is 0 Å². The van der Waals surface area contributed by atoms with E-state index in [1.807, 2.05) is 0 Å². The van der Waals surface area contributed by atoms with Gasteiger partial charge in [-0.1, -0.05) is 28.9 Å². The molecule has 1 fully saturated rings. The molecule has 7 nitrogen and oxygen atoms in total. The molecule has 0 saturated carbocycles. The van der Waals surface area contributed by atoms with Crippen molar-refractivity contribution in [3.05, 3.63) is 64.2 Å². The maximum absolute atomic E-state index is 12.4. The Balaban J connectivity index is 1.77. The van der Waals surface area contributed by atoms with Crippen molar-refractivity contribution in [3.8, 4) is 0 Å². The number of oxime groups is 1. The molecular weight excluding hydrogens is 372 g/mol. The van der Waals surface area contributed by atoms with Crippen LogP contribution in [0.2, 0.25) is 5.02 Å². The third-order valence-corrected chi connectivity index (χ3v) is 4.48. The fourth-order valence-corrected chi connectivity index (χ4v) is 3.06. The van der Waals surface area contributed by atoms with Crippen LogP contribution in [-0.2, 0) is 4.74 Å². The number of aromatic carboxylic acids is 1. The van der Waals surface area contributed by atoms with E-state index in [2.05, 4.69) is 10.5 Å². The van der Waals surface area contributed by atoms with E-state index in [0.29, 0.717) is 23.4 Å². The molecule has 1 heterocycles. The fourth-order valence-electron chi connectivity index (χ4n) is 2.89. The molecule has 2 aromatic carbocycles. The molecule has 1 unspecified atom stereocenters. The number of ether oxygens (including phenoxy) is 1. The average Bonchev–Trinajstić information content (AvgIpc) is 3.18. The van der Waals surface area contributed by atoms with Gasteiger partial charge < -0.3 is 20.4 Å². The topological polar surface area (TPSA) is 108 Å². The van der Waals surface area contributed by atoms with Gasteiger partial charge in [-0.25, -0.2) is 4.79 Å². The summed E-state index contributed by atoms with van der Waals surface area (Å²) in [5.41, 5.74) is 1.46. The van der Waals surface area contributed by atoms with Crippen LogP contribution in [0.3, 0.4) is 0 Å². The summed E-state index contributed by atoms with van der Waals surface area (Å²) < 4.78 is 5.53. The SMILES string of the molecule is O=C(Nc1ccc(Cl)cc1C(=O)O)c1ccc(/C(=N\O)C2CCCO2)cc1. The van der Waals surface area contributed by atoms with Crippen molar-refractivity contribution >= 4 is 34.9 Å². The van der Waals surface area contributed by atoms with Crippen LogP contribution in [-0.4, -0.2) is 40.6 Å². The van der Waals surface area contributed by atoms with Crippen molar-refractivity contribution in [2.75, 3.05) is 11.9 Å². The highest BCUT2D eigenvalue weighted by atomic mass is 35.5. The van der Waals surface area contributed by atoms with Crippen LogP contribution in [0.4, 0.5) is 5.69 Å². The molecule has 3 rings (SSSR count). The standard InChI is InChI=1S/C19H17ClN2O5/c20-13-7-8-15(14(10-13)19(24)25)21-18(23)12-5-3-11(4-6-12)17(22-26)16-2-1-9-27-16/h3-8,10,16,26H,1-2,9H2,(H,21,23)(H,24,25)/b22-17+. The van der Waals surface area contributed by atoms with Crippen molar-refractivity contribution in [1.82, 2.24) is 0 Å². The van der Waals surface area contributed by atoms with E-state index in [1.54, 1.807) is 24.3 Å². The van der Waals surface area contributed by atoms with E-state index in [0.717, 1.165) is 12.8 Å². The van der Waals surface area contributed by atoms with Crippen molar-refractivity contribution in [1.29, 1.82) is 0 Å². The quantitative estimate of drug-likeness (QED) is 0.411. The Labute approximate surface area is 160 Å². The maximum atomic E-state index is 12.4. The predicted molar refractivity (Wildman–Crippen MR) is 100 cm³/mol. The smallest absolute Gasteiger partial charge is 0.337 e. The number of benzene rings is 2. The first-order chi connectivity index (χ1) is 13.0. The predicted octanol–water partition coefficient (Wildman–Crippen LogP) is 3.65. The maximum Gasteiger partial charge on any atom is 0.337 e. The van der Waals surface area contributed by atoms with E-state index >= 15 is 0 Å². The van der Waals surface area contributed by atoms with Crippen LogP contribution in [0, 0.1) is 0 Å². The summed E-state index contributed by atoms with van der Waals surface area (Å²) in [5, 5.41) is 24.7. The monoisotopic (exact) mass is 388 g/mol. The number of carboxylic acid groups (broad SMARTS) is 1. The van der Waals surface area contributed by atoms with E-state index in [4.69, 9.17) is 16.3 Å². The Hall–Kier alpha value is -2.90. The van der Waals surface area contributed by atoms with Crippen LogP contribution in [0.5, 0.6) is 0 Å². The number of carboxylic acids is 1. The molecule has 0 aliphatic carbocycles. The number of anilines is 1. The number of rotatable bonds is 5. The van der Waals surface area contributed by atoms with Crippen LogP contribution < -0.4 is 5.32 Å². The molecule has 1 aliphatic heterocycles. The lowest BCUT2D eigenvalue weighted by atomic mass is 10.0. The molecule has 3 N–H and O–H groups in total. The number of carbonyl (C=O) groups is 2. The lowest BCUT2D eigenvalue weighted by Crippen LogP contribution is -2.21. The van der Waals surface area contributed by atoms with Crippen LogP contribution >= 0.6 is 11.6 Å². The van der Waals surface area contributed by atoms with Crippen LogP contribution in [0.1, 0.15) is 39.1 Å². The molecule has 27 heavy (non-hydrogen) atoms. The second-order valence-electron chi connectivity index (χ2n) is 6.01. The van der Waals surface area contributed by atoms with Crippen molar-refractivity contribution in [2.24, 2.45) is 5.16 Å². The highest BCUT2D eigenvalue weighted by molar-refractivity contribution is 6.31. The lowest BCUT2D eigenvalue weighted by molar-refractivity contribution is 0.0698. The van der Waals surface area contributed by atoms with Gasteiger partial charge in [-0.2, -0.15) is 0 Å². The molecule has 0 aromatic heterocycles. The molecule has 0 radical (unpaired) electrons. The Morgan fingerprint density at radius 2 is 1.85 bits per heavy atom. The molecule has 1 saturated heterocycles. The minimum atomic E-state index is -1.19. The Morgan fingerprint density at radius 3 is 2.44 bits per heavy atom. The lowest BCUT2D eigenvalue weighted by Gasteiger charge is -2.12. The van der Waals surface area contributed by atoms with E-state index in [1.165, 1.54) is 18.2 Å². The minimum Gasteiger partial charge on any atom is -0.478 e. The number of carbonyl (C=O) groups excluding carboxylic acids is 1. The summed E-state index contributed by atoms with van der Waals surface area (Å²) >= 11 is 5.81. The molecular formula is C19H17ClN2O5. The summed E-state index contributed by atoms with van der Waals surface area (Å²) in [7, 11) is 0. The fraction of sp³-hybridized carbons (Fsp3) is 0.211. The molecule has 0 bridgehead atoms. The third-order valence-electron chi connectivity index (χ3n) is 4.25. The number of halogens is 1. The highest BCUT2D eigenvalue weighted by Gasteiger charge is 2.24. The Morgan fingerprint density at radius 1 is 1.15 bits per heavy atom. The number of amides is 1. The summed E-state index contributed by atoms with van der Waals surface area (Å²) in [6, 6.07) is 10.7. The van der Waals surface area contributed by atoms with Crippen molar-refractivity contribution in [2.45, 2.75) is 18.9 Å². The van der Waals surface area contributed by atoms with E-state index in [9.17, 15) is 19.9 Å². The summed E-state index contributed by atoms with van der Waals surface area (Å²) in [6.45, 7) is 0.622. The normalized spacial score (nSPS) is 16.9. The molecule has 140 valence electrons. The number of nitrogens with one attached hydrogen (secondary N) is 1. The molecule has 2 aromatic rings. The Kier molecular flexibility index (Phi) is 5.73. The van der Waals surface area contributed by atoms with Gasteiger partial charge in [-0.05, 0) is 43.2 Å². The molecule has 1 atom stereocenters. The zero-order valence-electron chi connectivity index (χ0n) is 14.2.